The Balaban J connectivity index is 2.30. The summed E-state index contributed by atoms with van der Waals surface area (Å²) in [6.07, 6.45) is 4.53. The molecule has 0 fully saturated rings. The van der Waals surface area contributed by atoms with Crippen LogP contribution in [0.5, 0.6) is 0 Å². The van der Waals surface area contributed by atoms with Gasteiger partial charge in [-0.2, -0.15) is 11.3 Å². The van der Waals surface area contributed by atoms with Crippen LogP contribution in [0, 0.1) is 0 Å². The molecule has 0 radical (unpaired) electrons. The normalized spacial score (nSPS) is 13.2. The molecule has 1 aromatic rings. The maximum absolute atomic E-state index is 5.94. The SMILES string of the molecule is CCCC(N)CCc1cscc1Br. The van der Waals surface area contributed by atoms with Crippen LogP contribution in [-0.2, 0) is 6.42 Å². The zero-order chi connectivity index (χ0) is 9.68. The van der Waals surface area contributed by atoms with E-state index in [1.54, 1.807) is 11.3 Å². The fourth-order valence-corrected chi connectivity index (χ4v) is 2.88. The van der Waals surface area contributed by atoms with Gasteiger partial charge in [-0.1, -0.05) is 13.3 Å². The van der Waals surface area contributed by atoms with Crippen molar-refractivity contribution in [2.75, 3.05) is 0 Å². The highest BCUT2D eigenvalue weighted by molar-refractivity contribution is 9.10. The predicted octanol–water partition coefficient (Wildman–Crippen LogP) is 3.57. The molecule has 3 heteroatoms. The van der Waals surface area contributed by atoms with E-state index in [2.05, 4.69) is 33.6 Å². The van der Waals surface area contributed by atoms with E-state index >= 15 is 0 Å². The van der Waals surface area contributed by atoms with Crippen molar-refractivity contribution in [1.82, 2.24) is 0 Å². The Bertz CT molecular complexity index is 247. The third kappa shape index (κ3) is 3.79. The van der Waals surface area contributed by atoms with Crippen molar-refractivity contribution in [3.8, 4) is 0 Å². The summed E-state index contributed by atoms with van der Waals surface area (Å²) in [6, 6.07) is 0.372. The molecule has 0 spiro atoms. The minimum Gasteiger partial charge on any atom is -0.328 e. The van der Waals surface area contributed by atoms with E-state index in [1.807, 2.05) is 0 Å². The fourth-order valence-electron chi connectivity index (χ4n) is 1.34. The number of halogens is 1. The topological polar surface area (TPSA) is 26.0 Å². The molecular weight excluding hydrogens is 246 g/mol. The third-order valence-corrected chi connectivity index (χ3v) is 3.97. The highest BCUT2D eigenvalue weighted by Gasteiger charge is 2.04. The summed E-state index contributed by atoms with van der Waals surface area (Å²) in [6.45, 7) is 2.18. The Labute approximate surface area is 92.5 Å². The van der Waals surface area contributed by atoms with Gasteiger partial charge < -0.3 is 5.73 Å². The molecule has 0 saturated carbocycles. The first-order chi connectivity index (χ1) is 6.24. The van der Waals surface area contributed by atoms with E-state index in [1.165, 1.54) is 16.5 Å². The van der Waals surface area contributed by atoms with Crippen molar-refractivity contribution in [3.05, 3.63) is 20.8 Å². The molecule has 0 aliphatic rings. The number of hydrogen-bond donors (Lipinski definition) is 1. The highest BCUT2D eigenvalue weighted by Crippen LogP contribution is 2.23. The molecule has 1 rings (SSSR count). The van der Waals surface area contributed by atoms with Crippen LogP contribution in [0.2, 0.25) is 0 Å². The first-order valence-electron chi connectivity index (χ1n) is 4.70. The van der Waals surface area contributed by atoms with Crippen LogP contribution in [0.15, 0.2) is 15.2 Å². The van der Waals surface area contributed by atoms with Gasteiger partial charge in [0.1, 0.15) is 0 Å². The van der Waals surface area contributed by atoms with Gasteiger partial charge in [0.15, 0.2) is 0 Å². The standard InChI is InChI=1S/C10H16BrNS/c1-2-3-9(12)5-4-8-6-13-7-10(8)11/h6-7,9H,2-5,12H2,1H3. The van der Waals surface area contributed by atoms with E-state index in [0.717, 1.165) is 19.3 Å². The third-order valence-electron chi connectivity index (χ3n) is 2.13. The molecule has 1 aromatic heterocycles. The molecule has 0 saturated heterocycles. The van der Waals surface area contributed by atoms with Crippen LogP contribution in [0.4, 0.5) is 0 Å². The van der Waals surface area contributed by atoms with Crippen LogP contribution < -0.4 is 5.73 Å². The quantitative estimate of drug-likeness (QED) is 0.862. The molecule has 1 heterocycles. The van der Waals surface area contributed by atoms with Gasteiger partial charge in [-0.15, -0.1) is 0 Å². The van der Waals surface area contributed by atoms with Crippen molar-refractivity contribution in [2.24, 2.45) is 5.73 Å². The number of nitrogens with two attached hydrogens (primary N) is 1. The van der Waals surface area contributed by atoms with Crippen LogP contribution in [0.25, 0.3) is 0 Å². The van der Waals surface area contributed by atoms with E-state index in [4.69, 9.17) is 5.73 Å². The Morgan fingerprint density at radius 3 is 2.77 bits per heavy atom. The minimum atomic E-state index is 0.372. The fraction of sp³-hybridized carbons (Fsp3) is 0.600. The van der Waals surface area contributed by atoms with E-state index < -0.39 is 0 Å². The zero-order valence-electron chi connectivity index (χ0n) is 7.92. The smallest absolute Gasteiger partial charge is 0.0314 e. The molecule has 1 unspecified atom stereocenters. The zero-order valence-corrected chi connectivity index (χ0v) is 10.3. The monoisotopic (exact) mass is 261 g/mol. The number of hydrogen-bond acceptors (Lipinski definition) is 2. The van der Waals surface area contributed by atoms with Crippen molar-refractivity contribution >= 4 is 27.3 Å². The van der Waals surface area contributed by atoms with Gasteiger partial charge in [0, 0.05) is 15.9 Å². The van der Waals surface area contributed by atoms with Gasteiger partial charge in [0.2, 0.25) is 0 Å². The number of rotatable bonds is 5. The van der Waals surface area contributed by atoms with Crippen LogP contribution >= 0.6 is 27.3 Å². The Kier molecular flexibility index (Phi) is 4.99. The highest BCUT2D eigenvalue weighted by atomic mass is 79.9. The van der Waals surface area contributed by atoms with Gasteiger partial charge in [0.25, 0.3) is 0 Å². The largest absolute Gasteiger partial charge is 0.328 e. The summed E-state index contributed by atoms with van der Waals surface area (Å²) in [4.78, 5) is 0. The molecule has 13 heavy (non-hydrogen) atoms. The van der Waals surface area contributed by atoms with Crippen LogP contribution in [0.1, 0.15) is 31.7 Å². The van der Waals surface area contributed by atoms with E-state index in [-0.39, 0.29) is 0 Å². The average Bonchev–Trinajstić information content (AvgIpc) is 2.48. The lowest BCUT2D eigenvalue weighted by Crippen LogP contribution is -2.19. The second-order valence-corrected chi connectivity index (χ2v) is 4.93. The van der Waals surface area contributed by atoms with Gasteiger partial charge in [-0.05, 0) is 46.1 Å². The van der Waals surface area contributed by atoms with E-state index in [9.17, 15) is 0 Å². The lowest BCUT2D eigenvalue weighted by molar-refractivity contribution is 0.561. The second-order valence-electron chi connectivity index (χ2n) is 3.33. The molecule has 2 N–H and O–H groups in total. The molecule has 1 nitrogen and oxygen atoms in total. The maximum Gasteiger partial charge on any atom is 0.0314 e. The molecular formula is C10H16BrNS. The Hall–Kier alpha value is 0.140. The van der Waals surface area contributed by atoms with E-state index in [0.29, 0.717) is 6.04 Å². The summed E-state index contributed by atoms with van der Waals surface area (Å²) in [7, 11) is 0. The molecule has 0 aliphatic heterocycles. The lowest BCUT2D eigenvalue weighted by atomic mass is 10.0. The molecule has 1 atom stereocenters. The van der Waals surface area contributed by atoms with Crippen molar-refractivity contribution < 1.29 is 0 Å². The van der Waals surface area contributed by atoms with Crippen molar-refractivity contribution in [2.45, 2.75) is 38.6 Å². The minimum absolute atomic E-state index is 0.372. The van der Waals surface area contributed by atoms with Crippen LogP contribution in [0.3, 0.4) is 0 Å². The van der Waals surface area contributed by atoms with Gasteiger partial charge >= 0.3 is 0 Å². The Morgan fingerprint density at radius 1 is 1.46 bits per heavy atom. The summed E-state index contributed by atoms with van der Waals surface area (Å²) in [5, 5.41) is 4.32. The lowest BCUT2D eigenvalue weighted by Gasteiger charge is -2.08. The van der Waals surface area contributed by atoms with Crippen molar-refractivity contribution in [3.63, 3.8) is 0 Å². The summed E-state index contributed by atoms with van der Waals surface area (Å²) in [5.74, 6) is 0. The molecule has 74 valence electrons. The average molecular weight is 262 g/mol. The predicted molar refractivity (Wildman–Crippen MR) is 63.2 cm³/mol. The molecule has 0 bridgehead atoms. The Morgan fingerprint density at radius 2 is 2.23 bits per heavy atom. The van der Waals surface area contributed by atoms with Crippen molar-refractivity contribution in [1.29, 1.82) is 0 Å². The summed E-state index contributed by atoms with van der Waals surface area (Å²) < 4.78 is 1.24. The molecule has 0 aromatic carbocycles. The van der Waals surface area contributed by atoms with Gasteiger partial charge in [-0.25, -0.2) is 0 Å². The summed E-state index contributed by atoms with van der Waals surface area (Å²) >= 11 is 5.27. The molecule has 0 amide bonds. The maximum atomic E-state index is 5.94. The number of thiophene rings is 1. The number of aryl methyl sites for hydroxylation is 1. The first-order valence-corrected chi connectivity index (χ1v) is 6.43. The van der Waals surface area contributed by atoms with Gasteiger partial charge in [0.05, 0.1) is 0 Å². The second kappa shape index (κ2) is 5.78. The first kappa shape index (κ1) is 11.2. The molecule has 0 aliphatic carbocycles. The summed E-state index contributed by atoms with van der Waals surface area (Å²) in [5.41, 5.74) is 7.34. The van der Waals surface area contributed by atoms with Crippen LogP contribution in [-0.4, -0.2) is 6.04 Å². The van der Waals surface area contributed by atoms with Gasteiger partial charge in [-0.3, -0.25) is 0 Å².